The van der Waals surface area contributed by atoms with Crippen LogP contribution in [0.3, 0.4) is 0 Å². The smallest absolute Gasteiger partial charge is 0.107 e. The van der Waals surface area contributed by atoms with Gasteiger partial charge in [0.05, 0.1) is 10.6 Å². The summed E-state index contributed by atoms with van der Waals surface area (Å²) < 4.78 is 0. The second-order valence-electron chi connectivity index (χ2n) is 5.55. The summed E-state index contributed by atoms with van der Waals surface area (Å²) in [5.74, 6) is 0.813. The molecule has 1 aromatic rings. The third-order valence-electron chi connectivity index (χ3n) is 3.28. The van der Waals surface area contributed by atoms with E-state index in [0.29, 0.717) is 10.0 Å². The van der Waals surface area contributed by atoms with E-state index in [1.807, 2.05) is 18.2 Å². The number of benzene rings is 1. The Morgan fingerprint density at radius 3 is 2.60 bits per heavy atom. The van der Waals surface area contributed by atoms with Gasteiger partial charge in [-0.05, 0) is 24.5 Å². The first kappa shape index (κ1) is 17.3. The van der Waals surface area contributed by atoms with Crippen LogP contribution in [0.25, 0.3) is 0 Å². The first-order valence-corrected chi connectivity index (χ1v) is 8.13. The molecule has 1 rings (SSSR count). The van der Waals surface area contributed by atoms with Crippen LogP contribution in [-0.2, 0) is 0 Å². The average molecular weight is 313 g/mol. The van der Waals surface area contributed by atoms with Crippen LogP contribution in [0.4, 0.5) is 5.69 Å². The van der Waals surface area contributed by atoms with Crippen molar-refractivity contribution >= 4 is 34.5 Å². The molecule has 0 unspecified atom stereocenters. The topological polar surface area (TPSA) is 38.0 Å². The highest BCUT2D eigenvalue weighted by molar-refractivity contribution is 7.80. The first-order valence-electron chi connectivity index (χ1n) is 7.34. The summed E-state index contributed by atoms with van der Waals surface area (Å²) in [6.07, 6.45) is 6.36. The Balaban J connectivity index is 2.32. The Bertz CT molecular complexity index is 432. The fraction of sp³-hybridized carbons (Fsp3) is 0.562. The van der Waals surface area contributed by atoms with Crippen LogP contribution in [0.5, 0.6) is 0 Å². The Kier molecular flexibility index (Phi) is 7.93. The van der Waals surface area contributed by atoms with Crippen molar-refractivity contribution in [3.63, 3.8) is 0 Å². The van der Waals surface area contributed by atoms with Crippen LogP contribution in [0.15, 0.2) is 18.2 Å². The zero-order valence-electron chi connectivity index (χ0n) is 12.4. The third-order valence-corrected chi connectivity index (χ3v) is 3.80. The van der Waals surface area contributed by atoms with E-state index in [1.165, 1.54) is 25.7 Å². The molecule has 3 N–H and O–H groups in total. The Morgan fingerprint density at radius 1 is 1.25 bits per heavy atom. The second-order valence-corrected chi connectivity index (χ2v) is 6.40. The third kappa shape index (κ3) is 6.10. The molecule has 0 bridgehead atoms. The van der Waals surface area contributed by atoms with E-state index in [1.54, 1.807) is 0 Å². The van der Waals surface area contributed by atoms with Gasteiger partial charge in [-0.25, -0.2) is 0 Å². The van der Waals surface area contributed by atoms with Gasteiger partial charge in [-0.3, -0.25) is 0 Å². The molecule has 0 radical (unpaired) electrons. The lowest BCUT2D eigenvalue weighted by Gasteiger charge is -2.12. The van der Waals surface area contributed by atoms with Gasteiger partial charge in [-0.1, -0.05) is 69.4 Å². The number of halogens is 1. The number of rotatable bonds is 9. The van der Waals surface area contributed by atoms with Crippen molar-refractivity contribution in [2.45, 2.75) is 46.0 Å². The zero-order chi connectivity index (χ0) is 15.0. The highest BCUT2D eigenvalue weighted by Gasteiger charge is 2.08. The molecule has 2 nitrogen and oxygen atoms in total. The van der Waals surface area contributed by atoms with Gasteiger partial charge in [0.1, 0.15) is 4.99 Å². The quantitative estimate of drug-likeness (QED) is 0.498. The van der Waals surface area contributed by atoms with Crippen molar-refractivity contribution in [1.82, 2.24) is 0 Å². The van der Waals surface area contributed by atoms with Crippen LogP contribution in [-0.4, -0.2) is 11.5 Å². The van der Waals surface area contributed by atoms with Crippen LogP contribution in [0.1, 0.15) is 51.5 Å². The molecule has 0 aromatic heterocycles. The van der Waals surface area contributed by atoms with Gasteiger partial charge in [-0.2, -0.15) is 0 Å². The lowest BCUT2D eigenvalue weighted by Crippen LogP contribution is -2.14. The fourth-order valence-corrected chi connectivity index (χ4v) is 2.73. The molecular formula is C16H25ClN2S. The predicted octanol–water partition coefficient (Wildman–Crippen LogP) is 4.99. The van der Waals surface area contributed by atoms with Crippen molar-refractivity contribution in [2.75, 3.05) is 11.9 Å². The van der Waals surface area contributed by atoms with Crippen molar-refractivity contribution < 1.29 is 0 Å². The van der Waals surface area contributed by atoms with Crippen LogP contribution < -0.4 is 11.1 Å². The molecule has 0 aliphatic carbocycles. The van der Waals surface area contributed by atoms with E-state index in [0.717, 1.165) is 30.1 Å². The monoisotopic (exact) mass is 312 g/mol. The number of hydrogen-bond acceptors (Lipinski definition) is 2. The van der Waals surface area contributed by atoms with Crippen LogP contribution in [0, 0.1) is 5.92 Å². The van der Waals surface area contributed by atoms with Crippen molar-refractivity contribution in [2.24, 2.45) is 11.7 Å². The van der Waals surface area contributed by atoms with Gasteiger partial charge >= 0.3 is 0 Å². The summed E-state index contributed by atoms with van der Waals surface area (Å²) >= 11 is 11.2. The normalized spacial score (nSPS) is 10.8. The van der Waals surface area contributed by atoms with Crippen molar-refractivity contribution in [3.8, 4) is 0 Å². The lowest BCUT2D eigenvalue weighted by molar-refractivity contribution is 0.523. The number of nitrogens with one attached hydrogen (secondary N) is 1. The number of hydrogen-bond donors (Lipinski definition) is 2. The van der Waals surface area contributed by atoms with Gasteiger partial charge < -0.3 is 11.1 Å². The average Bonchev–Trinajstić information content (AvgIpc) is 2.36. The van der Waals surface area contributed by atoms with Crippen LogP contribution >= 0.6 is 23.8 Å². The molecule has 0 spiro atoms. The molecule has 0 aliphatic heterocycles. The summed E-state index contributed by atoms with van der Waals surface area (Å²) in [6, 6.07) is 5.70. The molecule has 0 saturated carbocycles. The molecule has 4 heteroatoms. The summed E-state index contributed by atoms with van der Waals surface area (Å²) in [6.45, 7) is 5.48. The summed E-state index contributed by atoms with van der Waals surface area (Å²) in [5, 5.41) is 3.99. The number of unbranched alkanes of at least 4 members (excludes halogenated alkanes) is 3. The molecule has 0 amide bonds. The lowest BCUT2D eigenvalue weighted by atomic mass is 10.0. The van der Waals surface area contributed by atoms with E-state index >= 15 is 0 Å². The molecular weight excluding hydrogens is 288 g/mol. The molecule has 112 valence electrons. The van der Waals surface area contributed by atoms with Crippen molar-refractivity contribution in [3.05, 3.63) is 28.8 Å². The standard InChI is InChI=1S/C16H25ClN2S/c1-12(2)8-5-3-4-6-11-19-14-10-7-9-13(17)15(14)16(18)20/h7,9-10,12,19H,3-6,8,11H2,1-2H3,(H2,18,20). The Labute approximate surface area is 133 Å². The zero-order valence-corrected chi connectivity index (χ0v) is 14.0. The van der Waals surface area contributed by atoms with Crippen LogP contribution in [0.2, 0.25) is 5.02 Å². The highest BCUT2D eigenvalue weighted by atomic mass is 35.5. The van der Waals surface area contributed by atoms with Crippen molar-refractivity contribution in [1.29, 1.82) is 0 Å². The van der Waals surface area contributed by atoms with Gasteiger partial charge in [0, 0.05) is 12.2 Å². The second kappa shape index (κ2) is 9.19. The highest BCUT2D eigenvalue weighted by Crippen LogP contribution is 2.24. The maximum Gasteiger partial charge on any atom is 0.107 e. The minimum atomic E-state index is 0.343. The van der Waals surface area contributed by atoms with Gasteiger partial charge in [0.2, 0.25) is 0 Å². The first-order chi connectivity index (χ1) is 9.52. The summed E-state index contributed by atoms with van der Waals surface area (Å²) in [7, 11) is 0. The minimum Gasteiger partial charge on any atom is -0.389 e. The van der Waals surface area contributed by atoms with E-state index in [-0.39, 0.29) is 0 Å². The minimum absolute atomic E-state index is 0.343. The number of anilines is 1. The molecule has 0 saturated heterocycles. The van der Waals surface area contributed by atoms with E-state index in [9.17, 15) is 0 Å². The molecule has 0 heterocycles. The molecule has 0 aliphatic rings. The molecule has 20 heavy (non-hydrogen) atoms. The Morgan fingerprint density at radius 2 is 1.95 bits per heavy atom. The predicted molar refractivity (Wildman–Crippen MR) is 93.8 cm³/mol. The number of thiocarbonyl (C=S) groups is 1. The van der Waals surface area contributed by atoms with E-state index < -0.39 is 0 Å². The molecule has 1 aromatic carbocycles. The molecule has 0 fully saturated rings. The summed E-state index contributed by atoms with van der Waals surface area (Å²) in [4.78, 5) is 0.343. The number of nitrogens with two attached hydrogens (primary N) is 1. The van der Waals surface area contributed by atoms with Gasteiger partial charge in [0.15, 0.2) is 0 Å². The van der Waals surface area contributed by atoms with E-state index in [2.05, 4.69) is 19.2 Å². The summed E-state index contributed by atoms with van der Waals surface area (Å²) in [5.41, 5.74) is 7.41. The Hall–Kier alpha value is -0.800. The maximum absolute atomic E-state index is 6.13. The van der Waals surface area contributed by atoms with Gasteiger partial charge in [-0.15, -0.1) is 0 Å². The SMILES string of the molecule is CC(C)CCCCCCNc1cccc(Cl)c1C(N)=S. The van der Waals surface area contributed by atoms with E-state index in [4.69, 9.17) is 29.6 Å². The fourth-order valence-electron chi connectivity index (χ4n) is 2.18. The largest absolute Gasteiger partial charge is 0.389 e. The molecule has 0 atom stereocenters. The van der Waals surface area contributed by atoms with Gasteiger partial charge in [0.25, 0.3) is 0 Å². The maximum atomic E-state index is 6.13.